The SMILES string of the molecule is Cc1noc(C)c1S(=O)(=O)Nc1ccc2c(c1)C(=O)N([C@H](C)CO)C[C@@H](C)[C@H](CN(C)S(=O)(=O)c1cn(C)cn1)O2. The molecule has 16 heteroatoms. The maximum Gasteiger partial charge on any atom is 0.267 e. The molecule has 1 aliphatic heterocycles. The summed E-state index contributed by atoms with van der Waals surface area (Å²) in [7, 11) is -4.94. The fraction of sp³-hybridized carbons (Fsp3) is 0.480. The topological polar surface area (TPSA) is 177 Å². The van der Waals surface area contributed by atoms with Gasteiger partial charge in [-0.2, -0.15) is 4.31 Å². The monoisotopic (exact) mass is 610 g/mol. The van der Waals surface area contributed by atoms with Crippen LogP contribution < -0.4 is 9.46 Å². The van der Waals surface area contributed by atoms with Crippen LogP contribution in [0.1, 0.15) is 35.7 Å². The lowest BCUT2D eigenvalue weighted by molar-refractivity contribution is 0.0387. The first-order valence-corrected chi connectivity index (χ1v) is 15.7. The number of rotatable bonds is 9. The van der Waals surface area contributed by atoms with Crippen molar-refractivity contribution in [2.75, 3.05) is 31.5 Å². The highest BCUT2D eigenvalue weighted by atomic mass is 32.2. The molecule has 224 valence electrons. The van der Waals surface area contributed by atoms with Gasteiger partial charge in [0.25, 0.3) is 26.0 Å². The van der Waals surface area contributed by atoms with Crippen LogP contribution in [0.3, 0.4) is 0 Å². The number of likely N-dealkylation sites (N-methyl/N-ethyl adjacent to an activating group) is 1. The number of nitrogens with zero attached hydrogens (tertiary/aromatic N) is 5. The fourth-order valence-electron chi connectivity index (χ4n) is 4.60. The van der Waals surface area contributed by atoms with Crippen LogP contribution in [-0.4, -0.2) is 90.7 Å². The summed E-state index contributed by atoms with van der Waals surface area (Å²) in [6.45, 7) is 6.27. The van der Waals surface area contributed by atoms with E-state index in [2.05, 4.69) is 14.9 Å². The van der Waals surface area contributed by atoms with Gasteiger partial charge in [-0.15, -0.1) is 0 Å². The summed E-state index contributed by atoms with van der Waals surface area (Å²) in [4.78, 5) is 19.0. The summed E-state index contributed by atoms with van der Waals surface area (Å²) in [5.41, 5.74) is 0.332. The number of benzene rings is 1. The predicted octanol–water partition coefficient (Wildman–Crippen LogP) is 1.37. The molecular weight excluding hydrogens is 576 g/mol. The third kappa shape index (κ3) is 6.10. The van der Waals surface area contributed by atoms with Crippen LogP contribution in [0.4, 0.5) is 5.69 Å². The number of fused-ring (bicyclic) bond motifs is 1. The normalized spacial score (nSPS) is 18.9. The van der Waals surface area contributed by atoms with Gasteiger partial charge in [-0.3, -0.25) is 9.52 Å². The third-order valence-electron chi connectivity index (χ3n) is 6.95. The van der Waals surface area contributed by atoms with E-state index in [4.69, 9.17) is 9.26 Å². The zero-order valence-electron chi connectivity index (χ0n) is 23.6. The fourth-order valence-corrected chi connectivity index (χ4v) is 7.13. The molecule has 4 rings (SSSR count). The highest BCUT2D eigenvalue weighted by Gasteiger charge is 2.36. The smallest absolute Gasteiger partial charge is 0.267 e. The van der Waals surface area contributed by atoms with E-state index >= 15 is 0 Å². The van der Waals surface area contributed by atoms with E-state index in [1.807, 2.05) is 6.92 Å². The van der Waals surface area contributed by atoms with Crippen molar-refractivity contribution in [3.8, 4) is 5.75 Å². The number of anilines is 1. The minimum absolute atomic E-state index is 0.0522. The Morgan fingerprint density at radius 3 is 2.54 bits per heavy atom. The Hall–Kier alpha value is -3.47. The van der Waals surface area contributed by atoms with Crippen LogP contribution >= 0.6 is 0 Å². The minimum atomic E-state index is -4.10. The van der Waals surface area contributed by atoms with Gasteiger partial charge in [-0.05, 0) is 39.0 Å². The Labute approximate surface area is 239 Å². The highest BCUT2D eigenvalue weighted by molar-refractivity contribution is 7.92. The van der Waals surface area contributed by atoms with Crippen molar-refractivity contribution in [2.24, 2.45) is 13.0 Å². The Bertz CT molecular complexity index is 1630. The number of nitrogens with one attached hydrogen (secondary N) is 1. The van der Waals surface area contributed by atoms with Crippen LogP contribution in [0.5, 0.6) is 5.75 Å². The molecule has 0 saturated heterocycles. The molecule has 0 saturated carbocycles. The number of aliphatic hydroxyl groups is 1. The number of hydrogen-bond acceptors (Lipinski definition) is 10. The Morgan fingerprint density at radius 2 is 1.95 bits per heavy atom. The Balaban J connectivity index is 1.70. The summed E-state index contributed by atoms with van der Waals surface area (Å²) >= 11 is 0. The molecule has 3 aromatic rings. The third-order valence-corrected chi connectivity index (χ3v) is 10.3. The van der Waals surface area contributed by atoms with E-state index in [1.165, 1.54) is 61.1 Å². The van der Waals surface area contributed by atoms with Gasteiger partial charge in [-0.1, -0.05) is 12.1 Å². The number of aromatic nitrogens is 3. The average Bonchev–Trinajstić information content (AvgIpc) is 3.50. The lowest BCUT2D eigenvalue weighted by atomic mass is 9.99. The highest BCUT2D eigenvalue weighted by Crippen LogP contribution is 2.32. The molecule has 14 nitrogen and oxygen atoms in total. The van der Waals surface area contributed by atoms with E-state index < -0.39 is 38.1 Å². The second-order valence-electron chi connectivity index (χ2n) is 10.3. The van der Waals surface area contributed by atoms with Crippen LogP contribution in [0.2, 0.25) is 0 Å². The molecular formula is C25H34N6O8S2. The molecule has 0 unspecified atom stereocenters. The summed E-state index contributed by atoms with van der Waals surface area (Å²) in [5.74, 6) is -0.560. The number of amides is 1. The molecule has 3 atom stereocenters. The maximum absolute atomic E-state index is 13.7. The quantitative estimate of drug-likeness (QED) is 0.360. The van der Waals surface area contributed by atoms with Gasteiger partial charge < -0.3 is 23.8 Å². The Morgan fingerprint density at radius 1 is 1.24 bits per heavy atom. The molecule has 3 heterocycles. The van der Waals surface area contributed by atoms with Crippen molar-refractivity contribution >= 4 is 31.6 Å². The average molecular weight is 611 g/mol. The number of imidazole rings is 1. The van der Waals surface area contributed by atoms with Crippen molar-refractivity contribution < 1.29 is 36.0 Å². The van der Waals surface area contributed by atoms with Gasteiger partial charge >= 0.3 is 0 Å². The lowest BCUT2D eigenvalue weighted by Gasteiger charge is -2.38. The van der Waals surface area contributed by atoms with Gasteiger partial charge in [0.15, 0.2) is 15.7 Å². The number of carbonyl (C=O) groups excluding carboxylic acids is 1. The first-order valence-electron chi connectivity index (χ1n) is 12.8. The summed E-state index contributed by atoms with van der Waals surface area (Å²) in [6.07, 6.45) is 2.09. The van der Waals surface area contributed by atoms with Crippen LogP contribution in [0.25, 0.3) is 0 Å². The second-order valence-corrected chi connectivity index (χ2v) is 13.9. The number of aryl methyl sites for hydroxylation is 3. The lowest BCUT2D eigenvalue weighted by Crippen LogP contribution is -2.50. The predicted molar refractivity (Wildman–Crippen MR) is 147 cm³/mol. The molecule has 2 aromatic heterocycles. The van der Waals surface area contributed by atoms with E-state index in [1.54, 1.807) is 14.0 Å². The number of hydrogen-bond donors (Lipinski definition) is 2. The molecule has 1 amide bonds. The van der Waals surface area contributed by atoms with Crippen molar-refractivity contribution in [2.45, 2.75) is 49.8 Å². The minimum Gasteiger partial charge on any atom is -0.488 e. The van der Waals surface area contributed by atoms with Crippen LogP contribution in [0, 0.1) is 19.8 Å². The molecule has 0 radical (unpaired) electrons. The standard InChI is InChI=1S/C25H34N6O8S2/c1-15-10-31(16(2)13-32)25(33)20-9-19(28-40(34,35)24-17(3)27-39-18(24)4)7-8-21(20)38-22(15)11-30(6)41(36,37)23-12-29(5)14-26-23/h7-9,12,14-16,22,28,32H,10-11,13H2,1-6H3/t15-,16-,22+/m1/s1. The van der Waals surface area contributed by atoms with Gasteiger partial charge in [0.1, 0.15) is 17.5 Å². The first-order chi connectivity index (χ1) is 19.1. The molecule has 0 spiro atoms. The maximum atomic E-state index is 13.7. The molecule has 1 aromatic carbocycles. The summed E-state index contributed by atoms with van der Waals surface area (Å²) in [5, 5.41) is 13.5. The van der Waals surface area contributed by atoms with Crippen molar-refractivity contribution in [1.29, 1.82) is 0 Å². The molecule has 0 aliphatic carbocycles. The van der Waals surface area contributed by atoms with E-state index in [-0.39, 0.29) is 64.0 Å². The van der Waals surface area contributed by atoms with E-state index in [9.17, 15) is 26.7 Å². The van der Waals surface area contributed by atoms with Crippen molar-refractivity contribution in [3.05, 3.63) is 47.7 Å². The number of sulfonamides is 2. The summed E-state index contributed by atoms with van der Waals surface area (Å²) < 4.78 is 68.8. The zero-order valence-corrected chi connectivity index (χ0v) is 25.2. The van der Waals surface area contributed by atoms with Gasteiger partial charge in [0.2, 0.25) is 0 Å². The Kier molecular flexibility index (Phi) is 8.50. The zero-order chi connectivity index (χ0) is 30.3. The largest absolute Gasteiger partial charge is 0.488 e. The molecule has 0 bridgehead atoms. The second kappa shape index (κ2) is 11.4. The molecule has 0 fully saturated rings. The van der Waals surface area contributed by atoms with E-state index in [0.717, 1.165) is 4.31 Å². The van der Waals surface area contributed by atoms with Crippen molar-refractivity contribution in [3.63, 3.8) is 0 Å². The number of ether oxygens (including phenoxy) is 1. The number of carbonyl (C=O) groups is 1. The molecule has 2 N–H and O–H groups in total. The molecule has 41 heavy (non-hydrogen) atoms. The summed E-state index contributed by atoms with van der Waals surface area (Å²) in [6, 6.07) is 3.68. The van der Waals surface area contributed by atoms with Crippen LogP contribution in [0.15, 0.2) is 45.2 Å². The van der Waals surface area contributed by atoms with Crippen LogP contribution in [-0.2, 0) is 27.1 Å². The van der Waals surface area contributed by atoms with E-state index in [0.29, 0.717) is 0 Å². The number of aliphatic hydroxyl groups excluding tert-OH is 1. The first kappa shape index (κ1) is 30.5. The van der Waals surface area contributed by atoms with Gasteiger partial charge in [0, 0.05) is 38.4 Å². The van der Waals surface area contributed by atoms with Crippen molar-refractivity contribution in [1.82, 2.24) is 23.9 Å². The molecule has 1 aliphatic rings. The van der Waals surface area contributed by atoms with Gasteiger partial charge in [0.05, 0.1) is 31.1 Å². The van der Waals surface area contributed by atoms with Gasteiger partial charge in [-0.25, -0.2) is 21.8 Å².